The number of halogens is 2. The molecule has 1 unspecified atom stereocenters. The topological polar surface area (TPSA) is 37.8 Å². The summed E-state index contributed by atoms with van der Waals surface area (Å²) in [4.78, 5) is 0. The maximum atomic E-state index is 6.11. The van der Waals surface area contributed by atoms with Gasteiger partial charge in [-0.1, -0.05) is 41.4 Å². The van der Waals surface area contributed by atoms with Crippen LogP contribution >= 0.6 is 23.2 Å². The van der Waals surface area contributed by atoms with Crippen LogP contribution in [0.4, 0.5) is 5.82 Å². The van der Waals surface area contributed by atoms with Gasteiger partial charge in [-0.25, -0.2) is 0 Å². The standard InChI is InChI=1S/C12H11Cl2N3/c1-8(9-4-2-3-5-10(9)13)15-12-7-6-11(14)16-17-12/h2-8H,1H3,(H,15,17). The van der Waals surface area contributed by atoms with Crippen molar-refractivity contribution in [3.8, 4) is 0 Å². The fraction of sp³-hybridized carbons (Fsp3) is 0.167. The second kappa shape index (κ2) is 5.34. The normalized spacial score (nSPS) is 12.2. The maximum absolute atomic E-state index is 6.11. The minimum atomic E-state index is 0.0548. The van der Waals surface area contributed by atoms with Crippen molar-refractivity contribution in [3.63, 3.8) is 0 Å². The molecule has 5 heteroatoms. The van der Waals surface area contributed by atoms with Crippen molar-refractivity contribution in [1.82, 2.24) is 10.2 Å². The van der Waals surface area contributed by atoms with Gasteiger partial charge in [0.1, 0.15) is 5.82 Å². The molecule has 0 aliphatic heterocycles. The van der Waals surface area contributed by atoms with E-state index in [0.717, 1.165) is 10.6 Å². The second-order valence-corrected chi connectivity index (χ2v) is 4.42. The van der Waals surface area contributed by atoms with Crippen LogP contribution in [-0.2, 0) is 0 Å². The van der Waals surface area contributed by atoms with Crippen molar-refractivity contribution in [3.05, 3.63) is 52.1 Å². The summed E-state index contributed by atoms with van der Waals surface area (Å²) >= 11 is 11.8. The van der Waals surface area contributed by atoms with E-state index in [2.05, 4.69) is 15.5 Å². The number of hydrogen-bond acceptors (Lipinski definition) is 3. The van der Waals surface area contributed by atoms with E-state index in [1.165, 1.54) is 0 Å². The highest BCUT2D eigenvalue weighted by molar-refractivity contribution is 6.31. The Kier molecular flexibility index (Phi) is 3.82. The Balaban J connectivity index is 2.14. The van der Waals surface area contributed by atoms with Gasteiger partial charge in [0.15, 0.2) is 5.15 Å². The number of anilines is 1. The van der Waals surface area contributed by atoms with Gasteiger partial charge in [-0.2, -0.15) is 0 Å². The smallest absolute Gasteiger partial charge is 0.151 e. The Labute approximate surface area is 110 Å². The molecule has 0 bridgehead atoms. The highest BCUT2D eigenvalue weighted by atomic mass is 35.5. The van der Waals surface area contributed by atoms with Crippen molar-refractivity contribution in [2.75, 3.05) is 5.32 Å². The summed E-state index contributed by atoms with van der Waals surface area (Å²) in [6.07, 6.45) is 0. The van der Waals surface area contributed by atoms with Crippen molar-refractivity contribution >= 4 is 29.0 Å². The van der Waals surface area contributed by atoms with Crippen LogP contribution in [0.1, 0.15) is 18.5 Å². The van der Waals surface area contributed by atoms with E-state index in [4.69, 9.17) is 23.2 Å². The van der Waals surface area contributed by atoms with Crippen LogP contribution < -0.4 is 5.32 Å². The molecule has 0 aliphatic carbocycles. The third-order valence-corrected chi connectivity index (χ3v) is 2.91. The fourth-order valence-corrected chi connectivity index (χ4v) is 1.92. The molecular weight excluding hydrogens is 257 g/mol. The van der Waals surface area contributed by atoms with Crippen LogP contribution in [0, 0.1) is 0 Å². The average molecular weight is 268 g/mol. The minimum absolute atomic E-state index is 0.0548. The summed E-state index contributed by atoms with van der Waals surface area (Å²) in [5, 5.41) is 12.0. The van der Waals surface area contributed by atoms with E-state index in [-0.39, 0.29) is 6.04 Å². The Bertz CT molecular complexity index is 499. The number of aromatic nitrogens is 2. The predicted octanol–water partition coefficient (Wildman–Crippen LogP) is 3.96. The first-order chi connectivity index (χ1) is 8.16. The SMILES string of the molecule is CC(Nc1ccc(Cl)nn1)c1ccccc1Cl. The van der Waals surface area contributed by atoms with Gasteiger partial charge in [-0.15, -0.1) is 10.2 Å². The Hall–Kier alpha value is -1.32. The molecule has 1 atom stereocenters. The monoisotopic (exact) mass is 267 g/mol. The molecule has 2 aromatic rings. The van der Waals surface area contributed by atoms with E-state index in [9.17, 15) is 0 Å². The van der Waals surface area contributed by atoms with Crippen molar-refractivity contribution in [1.29, 1.82) is 0 Å². The van der Waals surface area contributed by atoms with Gasteiger partial charge in [0.05, 0.1) is 6.04 Å². The largest absolute Gasteiger partial charge is 0.362 e. The van der Waals surface area contributed by atoms with Crippen LogP contribution in [0.3, 0.4) is 0 Å². The first kappa shape index (κ1) is 12.1. The molecule has 0 fully saturated rings. The maximum Gasteiger partial charge on any atom is 0.151 e. The summed E-state index contributed by atoms with van der Waals surface area (Å²) in [6.45, 7) is 2.01. The van der Waals surface area contributed by atoms with Crippen LogP contribution in [0.5, 0.6) is 0 Å². The zero-order valence-corrected chi connectivity index (χ0v) is 10.7. The molecule has 0 amide bonds. The number of benzene rings is 1. The number of hydrogen-bond donors (Lipinski definition) is 1. The summed E-state index contributed by atoms with van der Waals surface area (Å²) in [6, 6.07) is 11.2. The third-order valence-electron chi connectivity index (χ3n) is 2.37. The van der Waals surface area contributed by atoms with Crippen LogP contribution in [0.25, 0.3) is 0 Å². The number of rotatable bonds is 3. The Morgan fingerprint density at radius 2 is 1.82 bits per heavy atom. The fourth-order valence-electron chi connectivity index (χ4n) is 1.52. The third kappa shape index (κ3) is 3.08. The van der Waals surface area contributed by atoms with E-state index >= 15 is 0 Å². The molecule has 0 saturated carbocycles. The lowest BCUT2D eigenvalue weighted by Gasteiger charge is -2.15. The lowest BCUT2D eigenvalue weighted by molar-refractivity contribution is 0.861. The van der Waals surface area contributed by atoms with E-state index in [1.54, 1.807) is 12.1 Å². The van der Waals surface area contributed by atoms with Crippen LogP contribution in [-0.4, -0.2) is 10.2 Å². The van der Waals surface area contributed by atoms with Crippen molar-refractivity contribution < 1.29 is 0 Å². The Morgan fingerprint density at radius 3 is 2.47 bits per heavy atom. The molecule has 0 saturated heterocycles. The number of nitrogens with one attached hydrogen (secondary N) is 1. The molecule has 2 rings (SSSR count). The van der Waals surface area contributed by atoms with Gasteiger partial charge in [-0.05, 0) is 30.7 Å². The molecular formula is C12H11Cl2N3. The zero-order valence-electron chi connectivity index (χ0n) is 9.19. The predicted molar refractivity (Wildman–Crippen MR) is 70.5 cm³/mol. The second-order valence-electron chi connectivity index (χ2n) is 3.63. The zero-order chi connectivity index (χ0) is 12.3. The summed E-state index contributed by atoms with van der Waals surface area (Å²) in [7, 11) is 0. The first-order valence-corrected chi connectivity index (χ1v) is 5.92. The van der Waals surface area contributed by atoms with Crippen LogP contribution in [0.2, 0.25) is 10.2 Å². The summed E-state index contributed by atoms with van der Waals surface area (Å²) in [5.41, 5.74) is 1.02. The lowest BCUT2D eigenvalue weighted by Crippen LogP contribution is -2.08. The molecule has 3 nitrogen and oxygen atoms in total. The van der Waals surface area contributed by atoms with Gasteiger partial charge >= 0.3 is 0 Å². The van der Waals surface area contributed by atoms with E-state index in [0.29, 0.717) is 11.0 Å². The van der Waals surface area contributed by atoms with Crippen molar-refractivity contribution in [2.24, 2.45) is 0 Å². The molecule has 0 radical (unpaired) electrons. The van der Waals surface area contributed by atoms with Gasteiger partial charge in [0.25, 0.3) is 0 Å². The molecule has 17 heavy (non-hydrogen) atoms. The summed E-state index contributed by atoms with van der Waals surface area (Å²) in [5.74, 6) is 0.668. The molecule has 1 aromatic heterocycles. The number of nitrogens with zero attached hydrogens (tertiary/aromatic N) is 2. The van der Waals surface area contributed by atoms with Gasteiger partial charge in [-0.3, -0.25) is 0 Å². The molecule has 0 aliphatic rings. The molecule has 1 aromatic carbocycles. The quantitative estimate of drug-likeness (QED) is 0.915. The molecule has 1 heterocycles. The van der Waals surface area contributed by atoms with E-state index in [1.807, 2.05) is 31.2 Å². The minimum Gasteiger partial charge on any atom is -0.362 e. The van der Waals surface area contributed by atoms with Gasteiger partial charge < -0.3 is 5.32 Å². The lowest BCUT2D eigenvalue weighted by atomic mass is 10.1. The average Bonchev–Trinajstić information content (AvgIpc) is 2.32. The van der Waals surface area contributed by atoms with Crippen LogP contribution in [0.15, 0.2) is 36.4 Å². The highest BCUT2D eigenvalue weighted by Crippen LogP contribution is 2.24. The molecule has 0 spiro atoms. The molecule has 88 valence electrons. The highest BCUT2D eigenvalue weighted by Gasteiger charge is 2.09. The molecule has 1 N–H and O–H groups in total. The van der Waals surface area contributed by atoms with Crippen molar-refractivity contribution in [2.45, 2.75) is 13.0 Å². The Morgan fingerprint density at radius 1 is 1.06 bits per heavy atom. The summed E-state index contributed by atoms with van der Waals surface area (Å²) < 4.78 is 0. The van der Waals surface area contributed by atoms with Gasteiger partial charge in [0.2, 0.25) is 0 Å². The van der Waals surface area contributed by atoms with E-state index < -0.39 is 0 Å². The first-order valence-electron chi connectivity index (χ1n) is 5.17. The van der Waals surface area contributed by atoms with Gasteiger partial charge in [0, 0.05) is 5.02 Å².